The lowest BCUT2D eigenvalue weighted by Crippen LogP contribution is -2.28. The lowest BCUT2D eigenvalue weighted by Gasteiger charge is -2.09. The standard InChI is InChI=1S/C17H13ClF2N2O3/c18-14-7-12(8-21)3-6-15(14)24-10-16(23)22-9-11-1-4-13(5-2-11)25-17(19)20/h1-7,17H,9-10H2,(H,22,23). The summed E-state index contributed by atoms with van der Waals surface area (Å²) in [7, 11) is 0. The Morgan fingerprint density at radius 1 is 1.24 bits per heavy atom. The molecule has 0 unspecified atom stereocenters. The maximum atomic E-state index is 12.1. The third-order valence-corrected chi connectivity index (χ3v) is 3.35. The van der Waals surface area contributed by atoms with Gasteiger partial charge in [0.25, 0.3) is 5.91 Å². The highest BCUT2D eigenvalue weighted by molar-refractivity contribution is 6.32. The molecule has 25 heavy (non-hydrogen) atoms. The van der Waals surface area contributed by atoms with Crippen molar-refractivity contribution in [3.05, 3.63) is 58.6 Å². The van der Waals surface area contributed by atoms with Crippen molar-refractivity contribution in [2.45, 2.75) is 13.2 Å². The van der Waals surface area contributed by atoms with Crippen LogP contribution in [-0.4, -0.2) is 19.1 Å². The number of nitrogens with zero attached hydrogens (tertiary/aromatic N) is 1. The molecule has 0 aromatic heterocycles. The van der Waals surface area contributed by atoms with Crippen molar-refractivity contribution >= 4 is 17.5 Å². The average molecular weight is 367 g/mol. The number of alkyl halides is 2. The summed E-state index contributed by atoms with van der Waals surface area (Å²) >= 11 is 5.94. The summed E-state index contributed by atoms with van der Waals surface area (Å²) < 4.78 is 33.6. The molecule has 0 atom stereocenters. The molecule has 0 bridgehead atoms. The third kappa shape index (κ3) is 5.94. The van der Waals surface area contributed by atoms with Gasteiger partial charge in [-0.1, -0.05) is 23.7 Å². The van der Waals surface area contributed by atoms with E-state index in [2.05, 4.69) is 10.1 Å². The Morgan fingerprint density at radius 3 is 2.56 bits per heavy atom. The largest absolute Gasteiger partial charge is 0.482 e. The molecular formula is C17H13ClF2N2O3. The fourth-order valence-electron chi connectivity index (χ4n) is 1.87. The number of carbonyl (C=O) groups excluding carboxylic acids is 1. The molecule has 130 valence electrons. The quantitative estimate of drug-likeness (QED) is 0.814. The number of nitrogens with one attached hydrogen (secondary N) is 1. The Morgan fingerprint density at radius 2 is 1.96 bits per heavy atom. The number of ether oxygens (including phenoxy) is 2. The second kappa shape index (κ2) is 8.85. The van der Waals surface area contributed by atoms with Crippen LogP contribution in [0.1, 0.15) is 11.1 Å². The highest BCUT2D eigenvalue weighted by atomic mass is 35.5. The second-order valence-electron chi connectivity index (χ2n) is 4.84. The molecule has 2 aromatic carbocycles. The van der Waals surface area contributed by atoms with Gasteiger partial charge in [-0.05, 0) is 35.9 Å². The van der Waals surface area contributed by atoms with E-state index in [4.69, 9.17) is 21.6 Å². The molecule has 0 radical (unpaired) electrons. The van der Waals surface area contributed by atoms with Crippen molar-refractivity contribution in [2.24, 2.45) is 0 Å². The molecule has 5 nitrogen and oxygen atoms in total. The summed E-state index contributed by atoms with van der Waals surface area (Å²) in [6.45, 7) is -2.92. The van der Waals surface area contributed by atoms with E-state index >= 15 is 0 Å². The number of hydrogen-bond acceptors (Lipinski definition) is 4. The van der Waals surface area contributed by atoms with E-state index in [1.807, 2.05) is 6.07 Å². The van der Waals surface area contributed by atoms with E-state index in [9.17, 15) is 13.6 Å². The molecule has 1 N–H and O–H groups in total. The maximum absolute atomic E-state index is 12.1. The third-order valence-electron chi connectivity index (χ3n) is 3.06. The van der Waals surface area contributed by atoms with Crippen molar-refractivity contribution in [1.29, 1.82) is 5.26 Å². The van der Waals surface area contributed by atoms with Gasteiger partial charge in [-0.15, -0.1) is 0 Å². The number of nitriles is 1. The smallest absolute Gasteiger partial charge is 0.387 e. The Bertz CT molecular complexity index is 776. The Hall–Kier alpha value is -2.85. The van der Waals surface area contributed by atoms with E-state index < -0.39 is 6.61 Å². The summed E-state index contributed by atoms with van der Waals surface area (Å²) in [5.74, 6) is -0.0403. The zero-order valence-corrected chi connectivity index (χ0v) is 13.6. The minimum absolute atomic E-state index is 0.0452. The van der Waals surface area contributed by atoms with E-state index in [0.717, 1.165) is 0 Å². The Labute approximate surface area is 147 Å². The zero-order chi connectivity index (χ0) is 18.2. The van der Waals surface area contributed by atoms with Gasteiger partial charge in [-0.25, -0.2) is 0 Å². The Balaban J connectivity index is 1.80. The van der Waals surface area contributed by atoms with Crippen LogP contribution in [0.15, 0.2) is 42.5 Å². The van der Waals surface area contributed by atoms with Crippen LogP contribution in [-0.2, 0) is 11.3 Å². The second-order valence-corrected chi connectivity index (χ2v) is 5.25. The van der Waals surface area contributed by atoms with Gasteiger partial charge in [-0.2, -0.15) is 14.0 Å². The van der Waals surface area contributed by atoms with Gasteiger partial charge in [0.1, 0.15) is 11.5 Å². The van der Waals surface area contributed by atoms with Gasteiger partial charge < -0.3 is 14.8 Å². The molecule has 1 amide bonds. The van der Waals surface area contributed by atoms with Crippen LogP contribution < -0.4 is 14.8 Å². The van der Waals surface area contributed by atoms with E-state index in [-0.39, 0.29) is 29.8 Å². The minimum atomic E-state index is -2.88. The molecule has 0 aliphatic heterocycles. The zero-order valence-electron chi connectivity index (χ0n) is 12.8. The fraction of sp³-hybridized carbons (Fsp3) is 0.176. The number of rotatable bonds is 7. The topological polar surface area (TPSA) is 71.3 Å². The van der Waals surface area contributed by atoms with Crippen LogP contribution >= 0.6 is 11.6 Å². The molecule has 0 aliphatic rings. The lowest BCUT2D eigenvalue weighted by molar-refractivity contribution is -0.123. The first kappa shape index (κ1) is 18.5. The Kier molecular flexibility index (Phi) is 6.54. The normalized spacial score (nSPS) is 10.2. The molecule has 8 heteroatoms. The molecule has 0 fully saturated rings. The fourth-order valence-corrected chi connectivity index (χ4v) is 2.11. The van der Waals surface area contributed by atoms with Gasteiger partial charge in [-0.3, -0.25) is 4.79 Å². The van der Waals surface area contributed by atoms with Crippen molar-refractivity contribution in [3.8, 4) is 17.6 Å². The van der Waals surface area contributed by atoms with Gasteiger partial charge in [0.15, 0.2) is 6.61 Å². The summed E-state index contributed by atoms with van der Waals surface area (Å²) in [5.41, 5.74) is 1.10. The summed E-state index contributed by atoms with van der Waals surface area (Å²) in [5, 5.41) is 11.6. The number of benzene rings is 2. The van der Waals surface area contributed by atoms with Gasteiger partial charge in [0.2, 0.25) is 0 Å². The number of hydrogen-bond donors (Lipinski definition) is 1. The molecule has 0 heterocycles. The average Bonchev–Trinajstić information content (AvgIpc) is 2.59. The van der Waals surface area contributed by atoms with E-state index in [1.165, 1.54) is 30.3 Å². The first-order valence-corrected chi connectivity index (χ1v) is 7.48. The first-order chi connectivity index (χ1) is 12.0. The number of halogens is 3. The number of amides is 1. The van der Waals surface area contributed by atoms with Crippen LogP contribution in [0.3, 0.4) is 0 Å². The van der Waals surface area contributed by atoms with Crippen molar-refractivity contribution in [3.63, 3.8) is 0 Å². The van der Waals surface area contributed by atoms with Crippen LogP contribution in [0.25, 0.3) is 0 Å². The van der Waals surface area contributed by atoms with Crippen LogP contribution in [0.2, 0.25) is 5.02 Å². The predicted molar refractivity (Wildman–Crippen MR) is 86.6 cm³/mol. The monoisotopic (exact) mass is 366 g/mol. The van der Waals surface area contributed by atoms with Gasteiger partial charge >= 0.3 is 6.61 Å². The molecular weight excluding hydrogens is 354 g/mol. The summed E-state index contributed by atoms with van der Waals surface area (Å²) in [6, 6.07) is 12.3. The minimum Gasteiger partial charge on any atom is -0.482 e. The molecule has 0 saturated carbocycles. The maximum Gasteiger partial charge on any atom is 0.387 e. The first-order valence-electron chi connectivity index (χ1n) is 7.11. The summed E-state index contributed by atoms with van der Waals surface area (Å²) in [6.07, 6.45) is 0. The highest BCUT2D eigenvalue weighted by Gasteiger charge is 2.08. The van der Waals surface area contributed by atoms with E-state index in [0.29, 0.717) is 16.9 Å². The van der Waals surface area contributed by atoms with Crippen molar-refractivity contribution < 1.29 is 23.0 Å². The molecule has 0 aliphatic carbocycles. The van der Waals surface area contributed by atoms with Crippen molar-refractivity contribution in [2.75, 3.05) is 6.61 Å². The van der Waals surface area contributed by atoms with Gasteiger partial charge in [0.05, 0.1) is 16.7 Å². The van der Waals surface area contributed by atoms with Crippen LogP contribution in [0.4, 0.5) is 8.78 Å². The molecule has 2 rings (SSSR count). The number of carbonyl (C=O) groups is 1. The summed E-state index contributed by atoms with van der Waals surface area (Å²) in [4.78, 5) is 11.8. The van der Waals surface area contributed by atoms with Crippen molar-refractivity contribution in [1.82, 2.24) is 5.32 Å². The highest BCUT2D eigenvalue weighted by Crippen LogP contribution is 2.25. The molecule has 0 spiro atoms. The SMILES string of the molecule is N#Cc1ccc(OCC(=O)NCc2ccc(OC(F)F)cc2)c(Cl)c1. The van der Waals surface area contributed by atoms with Gasteiger partial charge in [0, 0.05) is 6.54 Å². The predicted octanol–water partition coefficient (Wildman–Crippen LogP) is 3.51. The van der Waals surface area contributed by atoms with E-state index in [1.54, 1.807) is 12.1 Å². The molecule has 2 aromatic rings. The molecule has 0 saturated heterocycles. The van der Waals surface area contributed by atoms with Crippen LogP contribution in [0.5, 0.6) is 11.5 Å². The van der Waals surface area contributed by atoms with Crippen LogP contribution in [0, 0.1) is 11.3 Å². The lowest BCUT2D eigenvalue weighted by atomic mass is 10.2.